The van der Waals surface area contributed by atoms with Gasteiger partial charge in [0.25, 0.3) is 5.91 Å². The molecule has 2 aromatic rings. The Morgan fingerprint density at radius 1 is 1.15 bits per heavy atom. The number of thioether (sulfide) groups is 1. The zero-order valence-corrected chi connectivity index (χ0v) is 15.1. The molecule has 0 aromatic heterocycles. The lowest BCUT2D eigenvalue weighted by Gasteiger charge is -2.32. The number of fused-ring (bicyclic) bond motifs is 2. The average Bonchev–Trinajstić information content (AvgIpc) is 2.67. The predicted octanol–water partition coefficient (Wildman–Crippen LogP) is 1.92. The summed E-state index contributed by atoms with van der Waals surface area (Å²) in [6.45, 7) is 2.03. The molecule has 0 spiro atoms. The fourth-order valence-corrected chi connectivity index (χ4v) is 3.53. The van der Waals surface area contributed by atoms with Gasteiger partial charge in [-0.05, 0) is 23.5 Å². The fraction of sp³-hybridized carbons (Fsp3) is 0.150. The molecule has 26 heavy (non-hydrogen) atoms. The predicted molar refractivity (Wildman–Crippen MR) is 105 cm³/mol. The number of amides is 1. The average molecular weight is 362 g/mol. The minimum atomic E-state index is -0.362. The standard InChI is InChI=1S/C20H18N4OS/c1-2-26-20-22-19(25)18-15-10-6-7-11-16(15)21-17(24(18)23-20)13-12-14-8-4-3-5-9-14/h3-13,17H,2H2,1H3,(H,22,23,25)/b13-12+. The largest absolute Gasteiger partial charge is 0.298 e. The van der Waals surface area contributed by atoms with E-state index in [1.165, 1.54) is 11.8 Å². The van der Waals surface area contributed by atoms with Crippen molar-refractivity contribution in [2.45, 2.75) is 13.1 Å². The first kappa shape index (κ1) is 16.6. The molecule has 5 nitrogen and oxygen atoms in total. The molecule has 1 N–H and O–H groups in total. The summed E-state index contributed by atoms with van der Waals surface area (Å²) in [5, 5.41) is 11.5. The van der Waals surface area contributed by atoms with Gasteiger partial charge in [0.05, 0.1) is 5.36 Å². The van der Waals surface area contributed by atoms with Gasteiger partial charge in [-0.3, -0.25) is 15.1 Å². The second-order valence-corrected chi connectivity index (χ2v) is 7.07. The molecule has 4 rings (SSSR count). The minimum Gasteiger partial charge on any atom is -0.298 e. The van der Waals surface area contributed by atoms with Gasteiger partial charge in [0.2, 0.25) is 0 Å². The lowest BCUT2D eigenvalue weighted by molar-refractivity contribution is -0.116. The van der Waals surface area contributed by atoms with Crippen LogP contribution in [0.2, 0.25) is 0 Å². The van der Waals surface area contributed by atoms with Crippen molar-refractivity contribution >= 4 is 34.6 Å². The van der Waals surface area contributed by atoms with Crippen LogP contribution in [0.1, 0.15) is 12.5 Å². The van der Waals surface area contributed by atoms with E-state index in [0.29, 0.717) is 10.9 Å². The third-order valence-electron chi connectivity index (χ3n) is 4.09. The SMILES string of the molecule is CCSC1=NN2C(=c3ccccc3=NC2/C=C/c2ccccc2)C(=O)N1. The number of nitrogens with one attached hydrogen (secondary N) is 1. The highest BCUT2D eigenvalue weighted by atomic mass is 32.2. The summed E-state index contributed by atoms with van der Waals surface area (Å²) in [5.74, 6) is 0.692. The number of amidine groups is 1. The van der Waals surface area contributed by atoms with Crippen molar-refractivity contribution in [3.63, 3.8) is 0 Å². The Bertz CT molecular complexity index is 1010. The monoisotopic (exact) mass is 362 g/mol. The second kappa shape index (κ2) is 7.17. The summed E-state index contributed by atoms with van der Waals surface area (Å²) < 4.78 is 0. The Morgan fingerprint density at radius 2 is 1.92 bits per heavy atom. The topological polar surface area (TPSA) is 57.1 Å². The van der Waals surface area contributed by atoms with Crippen LogP contribution in [-0.2, 0) is 4.79 Å². The molecule has 0 radical (unpaired) electrons. The molecular formula is C20H18N4OS. The van der Waals surface area contributed by atoms with Crippen LogP contribution in [0.4, 0.5) is 0 Å². The smallest absolute Gasteiger partial charge is 0.276 e. The minimum absolute atomic E-state index is 0.142. The third kappa shape index (κ3) is 3.15. The van der Waals surface area contributed by atoms with Crippen molar-refractivity contribution in [1.29, 1.82) is 0 Å². The zero-order valence-electron chi connectivity index (χ0n) is 14.3. The van der Waals surface area contributed by atoms with Crippen LogP contribution in [0.25, 0.3) is 11.8 Å². The van der Waals surface area contributed by atoms with Crippen LogP contribution in [0.3, 0.4) is 0 Å². The molecule has 0 fully saturated rings. The number of benzene rings is 2. The summed E-state index contributed by atoms with van der Waals surface area (Å²) in [7, 11) is 0. The number of hydrazone groups is 1. The van der Waals surface area contributed by atoms with E-state index < -0.39 is 0 Å². The molecule has 0 saturated heterocycles. The molecule has 2 heterocycles. The first-order chi connectivity index (χ1) is 12.8. The fourth-order valence-electron chi connectivity index (χ4n) is 2.94. The van der Waals surface area contributed by atoms with E-state index in [2.05, 4.69) is 10.4 Å². The van der Waals surface area contributed by atoms with Crippen molar-refractivity contribution in [2.75, 3.05) is 5.75 Å². The van der Waals surface area contributed by atoms with E-state index in [1.807, 2.05) is 73.7 Å². The highest BCUT2D eigenvalue weighted by Crippen LogP contribution is 2.21. The molecule has 6 heteroatoms. The van der Waals surface area contributed by atoms with Gasteiger partial charge in [-0.25, -0.2) is 5.01 Å². The van der Waals surface area contributed by atoms with Crippen LogP contribution in [-0.4, -0.2) is 28.0 Å². The Kier molecular flexibility index (Phi) is 4.58. The number of hydrogen-bond donors (Lipinski definition) is 1. The maximum absolute atomic E-state index is 12.7. The summed E-state index contributed by atoms with van der Waals surface area (Å²) >= 11 is 1.51. The van der Waals surface area contributed by atoms with Gasteiger partial charge in [0.15, 0.2) is 11.3 Å². The molecule has 1 atom stereocenters. The molecule has 130 valence electrons. The van der Waals surface area contributed by atoms with Gasteiger partial charge >= 0.3 is 0 Å². The normalized spacial score (nSPS) is 18.7. The second-order valence-electron chi connectivity index (χ2n) is 5.82. The van der Waals surface area contributed by atoms with Crippen LogP contribution < -0.4 is 15.9 Å². The van der Waals surface area contributed by atoms with Gasteiger partial charge in [0, 0.05) is 5.22 Å². The van der Waals surface area contributed by atoms with Crippen LogP contribution in [0.15, 0.2) is 70.8 Å². The first-order valence-electron chi connectivity index (χ1n) is 8.48. The quantitative estimate of drug-likeness (QED) is 0.908. The summed E-state index contributed by atoms with van der Waals surface area (Å²) in [4.78, 5) is 17.5. The van der Waals surface area contributed by atoms with Crippen molar-refractivity contribution < 1.29 is 4.79 Å². The van der Waals surface area contributed by atoms with Gasteiger partial charge in [-0.15, -0.1) is 5.10 Å². The Labute approximate surface area is 155 Å². The highest BCUT2D eigenvalue weighted by molar-refractivity contribution is 8.13. The number of hydrogen-bond acceptors (Lipinski definition) is 5. The number of para-hydroxylation sites is 1. The van der Waals surface area contributed by atoms with Crippen molar-refractivity contribution in [1.82, 2.24) is 10.3 Å². The van der Waals surface area contributed by atoms with Crippen molar-refractivity contribution in [3.8, 4) is 0 Å². The van der Waals surface area contributed by atoms with Gasteiger partial charge in [-0.1, -0.05) is 73.3 Å². The van der Waals surface area contributed by atoms with Crippen molar-refractivity contribution in [3.05, 3.63) is 76.8 Å². The molecular weight excluding hydrogens is 344 g/mol. The lowest BCUT2D eigenvalue weighted by atomic mass is 10.1. The van der Waals surface area contributed by atoms with Crippen LogP contribution >= 0.6 is 11.8 Å². The molecule has 1 amide bonds. The van der Waals surface area contributed by atoms with Crippen molar-refractivity contribution in [2.24, 2.45) is 10.1 Å². The summed E-state index contributed by atoms with van der Waals surface area (Å²) in [6.07, 6.45) is 3.62. The van der Waals surface area contributed by atoms with Crippen LogP contribution in [0, 0.1) is 0 Å². The molecule has 2 aliphatic heterocycles. The molecule has 2 aromatic carbocycles. The maximum Gasteiger partial charge on any atom is 0.276 e. The molecule has 1 unspecified atom stereocenters. The lowest BCUT2D eigenvalue weighted by Crippen LogP contribution is -2.52. The van der Waals surface area contributed by atoms with Crippen LogP contribution in [0.5, 0.6) is 0 Å². The third-order valence-corrected chi connectivity index (χ3v) is 4.83. The van der Waals surface area contributed by atoms with E-state index in [-0.39, 0.29) is 12.1 Å². The highest BCUT2D eigenvalue weighted by Gasteiger charge is 2.32. The summed E-state index contributed by atoms with van der Waals surface area (Å²) in [6, 6.07) is 17.7. The Hall–Kier alpha value is -2.86. The molecule has 0 saturated carbocycles. The first-order valence-corrected chi connectivity index (χ1v) is 9.47. The van der Waals surface area contributed by atoms with E-state index >= 15 is 0 Å². The number of carbonyl (C=O) groups excluding carboxylic acids is 1. The maximum atomic E-state index is 12.7. The van der Waals surface area contributed by atoms with E-state index in [1.54, 1.807) is 5.01 Å². The van der Waals surface area contributed by atoms with Gasteiger partial charge < -0.3 is 0 Å². The molecule has 0 aliphatic carbocycles. The summed E-state index contributed by atoms with van der Waals surface area (Å²) in [5.41, 5.74) is 1.62. The van der Waals surface area contributed by atoms with Gasteiger partial charge in [-0.2, -0.15) is 0 Å². The Morgan fingerprint density at radius 3 is 2.73 bits per heavy atom. The van der Waals surface area contributed by atoms with E-state index in [9.17, 15) is 4.79 Å². The number of carbonyl (C=O) groups is 1. The number of nitrogens with zero attached hydrogens (tertiary/aromatic N) is 3. The number of rotatable bonds is 3. The van der Waals surface area contributed by atoms with E-state index in [4.69, 9.17) is 4.99 Å². The molecule has 0 bridgehead atoms. The van der Waals surface area contributed by atoms with Gasteiger partial charge in [0.1, 0.15) is 5.70 Å². The Balaban J connectivity index is 1.82. The molecule has 2 aliphatic rings. The van der Waals surface area contributed by atoms with E-state index in [0.717, 1.165) is 21.9 Å². The zero-order chi connectivity index (χ0) is 17.9.